The number of hydrogen-bond donors (Lipinski definition) is 1. The van der Waals surface area contributed by atoms with E-state index in [2.05, 4.69) is 0 Å². The zero-order valence-electron chi connectivity index (χ0n) is 12.0. The number of carbonyl (C=O) groups excluding carboxylic acids is 1. The van der Waals surface area contributed by atoms with Crippen LogP contribution in [0.2, 0.25) is 0 Å². The van der Waals surface area contributed by atoms with Gasteiger partial charge in [-0.3, -0.25) is 4.79 Å². The van der Waals surface area contributed by atoms with Crippen molar-refractivity contribution in [2.45, 2.75) is 38.6 Å². The maximum atomic E-state index is 13.7. The van der Waals surface area contributed by atoms with E-state index < -0.39 is 0 Å². The monoisotopic (exact) mass is 278 g/mol. The van der Waals surface area contributed by atoms with Gasteiger partial charge in [-0.1, -0.05) is 25.1 Å². The molecule has 3 nitrogen and oxygen atoms in total. The molecule has 1 aliphatic heterocycles. The lowest BCUT2D eigenvalue weighted by molar-refractivity contribution is -0.138. The standard InChI is InChI=1S/C16H23FN2O/c1-12(10-13-6-2-3-8-15(13)17)16(20)19-9-5-4-7-14(19)11-18/h2-3,6,8,12,14H,4-5,7,9-11,18H2,1H3. The van der Waals surface area contributed by atoms with Gasteiger partial charge in [0.05, 0.1) is 0 Å². The molecular weight excluding hydrogens is 255 g/mol. The van der Waals surface area contributed by atoms with Crippen LogP contribution in [0.15, 0.2) is 24.3 Å². The van der Waals surface area contributed by atoms with Gasteiger partial charge in [0.1, 0.15) is 5.82 Å². The van der Waals surface area contributed by atoms with Crippen molar-refractivity contribution in [3.8, 4) is 0 Å². The summed E-state index contributed by atoms with van der Waals surface area (Å²) < 4.78 is 13.7. The molecule has 20 heavy (non-hydrogen) atoms. The van der Waals surface area contributed by atoms with Crippen LogP contribution in [0.25, 0.3) is 0 Å². The van der Waals surface area contributed by atoms with Crippen LogP contribution in [0.5, 0.6) is 0 Å². The van der Waals surface area contributed by atoms with E-state index in [4.69, 9.17) is 5.73 Å². The van der Waals surface area contributed by atoms with Gasteiger partial charge in [0.15, 0.2) is 0 Å². The van der Waals surface area contributed by atoms with Gasteiger partial charge in [-0.15, -0.1) is 0 Å². The summed E-state index contributed by atoms with van der Waals surface area (Å²) >= 11 is 0. The van der Waals surface area contributed by atoms with Crippen LogP contribution in [0.1, 0.15) is 31.7 Å². The first kappa shape index (κ1) is 15.0. The fraction of sp³-hybridized carbons (Fsp3) is 0.562. The Balaban J connectivity index is 2.03. The van der Waals surface area contributed by atoms with Crippen molar-refractivity contribution in [1.29, 1.82) is 0 Å². The van der Waals surface area contributed by atoms with Gasteiger partial charge in [0, 0.05) is 25.0 Å². The summed E-state index contributed by atoms with van der Waals surface area (Å²) in [5, 5.41) is 0. The van der Waals surface area contributed by atoms with E-state index >= 15 is 0 Å². The highest BCUT2D eigenvalue weighted by Crippen LogP contribution is 2.21. The van der Waals surface area contributed by atoms with E-state index in [-0.39, 0.29) is 23.7 Å². The molecule has 2 atom stereocenters. The molecule has 2 N–H and O–H groups in total. The molecule has 0 saturated carbocycles. The maximum absolute atomic E-state index is 13.7. The SMILES string of the molecule is CC(Cc1ccccc1F)C(=O)N1CCCCC1CN. The molecule has 1 saturated heterocycles. The molecule has 0 bridgehead atoms. The van der Waals surface area contributed by atoms with Crippen LogP contribution in [-0.4, -0.2) is 29.9 Å². The Kier molecular flexibility index (Phi) is 5.12. The number of piperidine rings is 1. The second-order valence-electron chi connectivity index (χ2n) is 5.61. The molecule has 0 aliphatic carbocycles. The van der Waals surface area contributed by atoms with Crippen molar-refractivity contribution in [1.82, 2.24) is 4.90 Å². The summed E-state index contributed by atoms with van der Waals surface area (Å²) in [6.45, 7) is 3.16. The molecule has 1 amide bonds. The van der Waals surface area contributed by atoms with Crippen molar-refractivity contribution >= 4 is 5.91 Å². The minimum Gasteiger partial charge on any atom is -0.338 e. The van der Waals surface area contributed by atoms with Crippen LogP contribution < -0.4 is 5.73 Å². The minimum absolute atomic E-state index is 0.100. The first-order valence-electron chi connectivity index (χ1n) is 7.37. The van der Waals surface area contributed by atoms with Crippen LogP contribution in [-0.2, 0) is 11.2 Å². The van der Waals surface area contributed by atoms with Gasteiger partial charge >= 0.3 is 0 Å². The van der Waals surface area contributed by atoms with Gasteiger partial charge < -0.3 is 10.6 Å². The van der Waals surface area contributed by atoms with Crippen LogP contribution in [0, 0.1) is 11.7 Å². The molecular formula is C16H23FN2O. The number of hydrogen-bond acceptors (Lipinski definition) is 2. The van der Waals surface area contributed by atoms with Crippen molar-refractivity contribution in [2.75, 3.05) is 13.1 Å². The lowest BCUT2D eigenvalue weighted by atomic mass is 9.95. The van der Waals surface area contributed by atoms with Crippen molar-refractivity contribution in [3.05, 3.63) is 35.6 Å². The minimum atomic E-state index is -0.235. The molecule has 1 heterocycles. The number of benzene rings is 1. The fourth-order valence-corrected chi connectivity index (χ4v) is 2.90. The molecule has 1 fully saturated rings. The first-order chi connectivity index (χ1) is 9.63. The van der Waals surface area contributed by atoms with Gasteiger partial charge in [0.25, 0.3) is 0 Å². The largest absolute Gasteiger partial charge is 0.338 e. The normalized spacial score (nSPS) is 20.8. The Morgan fingerprint density at radius 2 is 2.20 bits per heavy atom. The number of nitrogens with zero attached hydrogens (tertiary/aromatic N) is 1. The fourth-order valence-electron chi connectivity index (χ4n) is 2.90. The van der Waals surface area contributed by atoms with Gasteiger partial charge in [-0.25, -0.2) is 4.39 Å². The molecule has 2 unspecified atom stereocenters. The van der Waals surface area contributed by atoms with Crippen molar-refractivity contribution in [3.63, 3.8) is 0 Å². The Morgan fingerprint density at radius 3 is 2.90 bits per heavy atom. The Labute approximate surface area is 120 Å². The number of nitrogens with two attached hydrogens (primary N) is 1. The summed E-state index contributed by atoms with van der Waals surface area (Å²) in [7, 11) is 0. The second kappa shape index (κ2) is 6.84. The van der Waals surface area contributed by atoms with Gasteiger partial charge in [-0.05, 0) is 37.3 Å². The van der Waals surface area contributed by atoms with Crippen molar-refractivity contribution in [2.24, 2.45) is 11.7 Å². The van der Waals surface area contributed by atoms with E-state index in [9.17, 15) is 9.18 Å². The lowest BCUT2D eigenvalue weighted by Crippen LogP contribution is -2.49. The maximum Gasteiger partial charge on any atom is 0.226 e. The number of carbonyl (C=O) groups is 1. The smallest absolute Gasteiger partial charge is 0.226 e. The molecule has 0 aromatic heterocycles. The molecule has 0 spiro atoms. The first-order valence-corrected chi connectivity index (χ1v) is 7.37. The zero-order valence-corrected chi connectivity index (χ0v) is 12.0. The summed E-state index contributed by atoms with van der Waals surface area (Å²) in [5.74, 6) is -0.344. The lowest BCUT2D eigenvalue weighted by Gasteiger charge is -2.36. The van der Waals surface area contributed by atoms with Crippen LogP contribution in [0.3, 0.4) is 0 Å². The highest BCUT2D eigenvalue weighted by Gasteiger charge is 2.29. The number of halogens is 1. The summed E-state index contributed by atoms with van der Waals surface area (Å²) in [5.41, 5.74) is 6.36. The molecule has 0 radical (unpaired) electrons. The van der Waals surface area contributed by atoms with Gasteiger partial charge in [0.2, 0.25) is 5.91 Å². The Morgan fingerprint density at radius 1 is 1.45 bits per heavy atom. The van der Waals surface area contributed by atoms with Crippen molar-refractivity contribution < 1.29 is 9.18 Å². The average molecular weight is 278 g/mol. The van der Waals surface area contributed by atoms with Gasteiger partial charge in [-0.2, -0.15) is 0 Å². The van der Waals surface area contributed by atoms with E-state index in [0.29, 0.717) is 18.5 Å². The second-order valence-corrected chi connectivity index (χ2v) is 5.61. The summed E-state index contributed by atoms with van der Waals surface area (Å²) in [4.78, 5) is 14.4. The Bertz CT molecular complexity index is 464. The number of likely N-dealkylation sites (tertiary alicyclic amines) is 1. The van der Waals surface area contributed by atoms with E-state index in [1.807, 2.05) is 11.8 Å². The third-order valence-electron chi connectivity index (χ3n) is 4.09. The zero-order chi connectivity index (χ0) is 14.5. The molecule has 1 aromatic rings. The Hall–Kier alpha value is -1.42. The topological polar surface area (TPSA) is 46.3 Å². The number of rotatable bonds is 4. The highest BCUT2D eigenvalue weighted by atomic mass is 19.1. The van der Waals surface area contributed by atoms with E-state index in [0.717, 1.165) is 25.8 Å². The van der Waals surface area contributed by atoms with E-state index in [1.165, 1.54) is 6.07 Å². The quantitative estimate of drug-likeness (QED) is 0.919. The summed E-state index contributed by atoms with van der Waals surface area (Å²) in [6, 6.07) is 6.81. The molecule has 4 heteroatoms. The predicted octanol–water partition coefficient (Wildman–Crippen LogP) is 2.34. The third kappa shape index (κ3) is 3.37. The van der Waals surface area contributed by atoms with Crippen LogP contribution >= 0.6 is 0 Å². The number of amides is 1. The predicted molar refractivity (Wildman–Crippen MR) is 77.7 cm³/mol. The third-order valence-corrected chi connectivity index (χ3v) is 4.09. The molecule has 2 rings (SSSR count). The van der Waals surface area contributed by atoms with Crippen LogP contribution in [0.4, 0.5) is 4.39 Å². The summed E-state index contributed by atoms with van der Waals surface area (Å²) in [6.07, 6.45) is 3.59. The highest BCUT2D eigenvalue weighted by molar-refractivity contribution is 5.79. The molecule has 1 aliphatic rings. The van der Waals surface area contributed by atoms with E-state index in [1.54, 1.807) is 18.2 Å². The molecule has 110 valence electrons. The molecule has 1 aromatic carbocycles. The average Bonchev–Trinajstić information content (AvgIpc) is 2.48.